The highest BCUT2D eigenvalue weighted by Crippen LogP contribution is 2.27. The largest absolute Gasteiger partial charge is 0.489 e. The Balaban J connectivity index is 2.67. The number of ether oxygens (including phenoxy) is 1. The van der Waals surface area contributed by atoms with E-state index in [0.29, 0.717) is 0 Å². The number of para-hydroxylation sites is 1. The molecule has 1 N–H and O–H groups in total. The Hall–Kier alpha value is -1.16. The van der Waals surface area contributed by atoms with Crippen LogP contribution in [-0.4, -0.2) is 23.4 Å². The first-order valence-electron chi connectivity index (χ1n) is 4.65. The third-order valence-corrected chi connectivity index (χ3v) is 2.64. The zero-order valence-electron chi connectivity index (χ0n) is 8.77. The van der Waals surface area contributed by atoms with Gasteiger partial charge in [-0.05, 0) is 25.3 Å². The summed E-state index contributed by atoms with van der Waals surface area (Å²) in [6.07, 6.45) is 1.67. The van der Waals surface area contributed by atoms with Crippen molar-refractivity contribution in [3.8, 4) is 5.75 Å². The van der Waals surface area contributed by atoms with Gasteiger partial charge in [-0.25, -0.2) is 0 Å². The van der Waals surface area contributed by atoms with Crippen LogP contribution in [0.15, 0.2) is 29.2 Å². The molecule has 3 nitrogen and oxygen atoms in total. The van der Waals surface area contributed by atoms with Crippen LogP contribution in [0.5, 0.6) is 5.75 Å². The average Bonchev–Trinajstić information content (AvgIpc) is 2.17. The summed E-state index contributed by atoms with van der Waals surface area (Å²) in [4.78, 5) is 11.5. The predicted octanol–water partition coefficient (Wildman–Crippen LogP) is 2.65. The Labute approximate surface area is 93.4 Å². The van der Waals surface area contributed by atoms with E-state index in [2.05, 4.69) is 0 Å². The van der Waals surface area contributed by atoms with Crippen molar-refractivity contribution in [2.24, 2.45) is 0 Å². The van der Waals surface area contributed by atoms with Crippen LogP contribution in [0, 0.1) is 0 Å². The van der Waals surface area contributed by atoms with Crippen molar-refractivity contribution in [3.05, 3.63) is 24.3 Å². The Morgan fingerprint density at radius 3 is 2.80 bits per heavy atom. The molecule has 0 radical (unpaired) electrons. The summed E-state index contributed by atoms with van der Waals surface area (Å²) in [6.45, 7) is 1.76. The normalized spacial score (nSPS) is 12.1. The van der Waals surface area contributed by atoms with Gasteiger partial charge in [-0.3, -0.25) is 4.79 Å². The van der Waals surface area contributed by atoms with Crippen molar-refractivity contribution in [1.29, 1.82) is 0 Å². The topological polar surface area (TPSA) is 46.5 Å². The number of carboxylic acid groups (broad SMARTS) is 1. The summed E-state index contributed by atoms with van der Waals surface area (Å²) in [5.74, 6) is -0.0946. The second kappa shape index (κ2) is 5.66. The maximum absolute atomic E-state index is 10.5. The number of benzene rings is 1. The number of hydrogen-bond donors (Lipinski definition) is 1. The molecule has 0 aliphatic rings. The fraction of sp³-hybridized carbons (Fsp3) is 0.364. The summed E-state index contributed by atoms with van der Waals surface area (Å²) in [5, 5.41) is 8.60. The Bertz CT molecular complexity index is 338. The second-order valence-corrected chi connectivity index (χ2v) is 4.03. The lowest BCUT2D eigenvalue weighted by Gasteiger charge is -2.14. The number of thioether (sulfide) groups is 1. The minimum atomic E-state index is -0.843. The van der Waals surface area contributed by atoms with E-state index in [1.54, 1.807) is 18.7 Å². The highest BCUT2D eigenvalue weighted by Gasteiger charge is 2.10. The van der Waals surface area contributed by atoms with Gasteiger partial charge in [-0.1, -0.05) is 12.1 Å². The van der Waals surface area contributed by atoms with Gasteiger partial charge < -0.3 is 9.84 Å². The number of carboxylic acids is 1. The van der Waals surface area contributed by atoms with Crippen LogP contribution >= 0.6 is 11.8 Å². The molecule has 0 spiro atoms. The molecule has 0 heterocycles. The minimum Gasteiger partial charge on any atom is -0.489 e. The average molecular weight is 226 g/mol. The molecule has 4 heteroatoms. The molecule has 1 rings (SSSR count). The quantitative estimate of drug-likeness (QED) is 0.784. The zero-order valence-corrected chi connectivity index (χ0v) is 9.58. The molecule has 0 aliphatic carbocycles. The van der Waals surface area contributed by atoms with E-state index in [1.807, 2.05) is 30.5 Å². The molecule has 15 heavy (non-hydrogen) atoms. The lowest BCUT2D eigenvalue weighted by Crippen LogP contribution is -2.16. The molecule has 1 aromatic rings. The van der Waals surface area contributed by atoms with E-state index in [1.165, 1.54) is 0 Å². The van der Waals surface area contributed by atoms with Crippen LogP contribution in [0.3, 0.4) is 0 Å². The van der Waals surface area contributed by atoms with E-state index in [4.69, 9.17) is 9.84 Å². The van der Waals surface area contributed by atoms with Gasteiger partial charge in [0.05, 0.1) is 6.42 Å². The first-order chi connectivity index (χ1) is 7.13. The summed E-state index contributed by atoms with van der Waals surface area (Å²) in [5.41, 5.74) is 0. The van der Waals surface area contributed by atoms with Gasteiger partial charge in [0, 0.05) is 4.90 Å². The van der Waals surface area contributed by atoms with E-state index in [0.717, 1.165) is 10.6 Å². The number of hydrogen-bond acceptors (Lipinski definition) is 3. The summed E-state index contributed by atoms with van der Waals surface area (Å²) in [7, 11) is 0. The van der Waals surface area contributed by atoms with E-state index in [-0.39, 0.29) is 12.5 Å². The SMILES string of the molecule is CSc1ccccc1O[C@H](C)CC(=O)O. The molecule has 0 amide bonds. The third-order valence-electron chi connectivity index (χ3n) is 1.86. The van der Waals surface area contributed by atoms with E-state index >= 15 is 0 Å². The highest BCUT2D eigenvalue weighted by atomic mass is 32.2. The molecule has 0 unspecified atom stereocenters. The van der Waals surface area contributed by atoms with Crippen LogP contribution in [-0.2, 0) is 4.79 Å². The van der Waals surface area contributed by atoms with Crippen molar-refractivity contribution in [2.45, 2.75) is 24.3 Å². The molecule has 0 aliphatic heterocycles. The molecule has 0 aromatic heterocycles. The molecule has 0 saturated carbocycles. The predicted molar refractivity (Wildman–Crippen MR) is 60.6 cm³/mol. The monoisotopic (exact) mass is 226 g/mol. The Morgan fingerprint density at radius 2 is 2.20 bits per heavy atom. The molecule has 0 fully saturated rings. The van der Waals surface area contributed by atoms with Crippen molar-refractivity contribution in [2.75, 3.05) is 6.26 Å². The zero-order chi connectivity index (χ0) is 11.3. The van der Waals surface area contributed by atoms with Gasteiger partial charge in [0.15, 0.2) is 0 Å². The first kappa shape index (κ1) is 11.9. The van der Waals surface area contributed by atoms with Crippen LogP contribution in [0.2, 0.25) is 0 Å². The van der Waals surface area contributed by atoms with Gasteiger partial charge in [0.2, 0.25) is 0 Å². The van der Waals surface area contributed by atoms with Crippen molar-refractivity contribution < 1.29 is 14.6 Å². The fourth-order valence-electron chi connectivity index (χ4n) is 1.22. The van der Waals surface area contributed by atoms with E-state index < -0.39 is 5.97 Å². The van der Waals surface area contributed by atoms with Gasteiger partial charge in [-0.2, -0.15) is 0 Å². The van der Waals surface area contributed by atoms with Crippen molar-refractivity contribution >= 4 is 17.7 Å². The number of aliphatic carboxylic acids is 1. The Kier molecular flexibility index (Phi) is 4.49. The standard InChI is InChI=1S/C11H14O3S/c1-8(7-11(12)13)14-9-5-3-4-6-10(9)15-2/h3-6,8H,7H2,1-2H3,(H,12,13)/t8-/m1/s1. The third kappa shape index (κ3) is 3.83. The maximum atomic E-state index is 10.5. The minimum absolute atomic E-state index is 0.0166. The molecule has 1 atom stereocenters. The molecular weight excluding hydrogens is 212 g/mol. The molecular formula is C11H14O3S. The van der Waals surface area contributed by atoms with Crippen molar-refractivity contribution in [3.63, 3.8) is 0 Å². The molecule has 0 saturated heterocycles. The second-order valence-electron chi connectivity index (χ2n) is 3.18. The van der Waals surface area contributed by atoms with E-state index in [9.17, 15) is 4.79 Å². The molecule has 0 bridgehead atoms. The van der Waals surface area contributed by atoms with Crippen molar-refractivity contribution in [1.82, 2.24) is 0 Å². The maximum Gasteiger partial charge on any atom is 0.307 e. The summed E-state index contributed by atoms with van der Waals surface area (Å²) in [6, 6.07) is 7.61. The lowest BCUT2D eigenvalue weighted by atomic mass is 10.3. The number of carbonyl (C=O) groups is 1. The van der Waals surface area contributed by atoms with Gasteiger partial charge in [-0.15, -0.1) is 11.8 Å². The van der Waals surface area contributed by atoms with Crippen LogP contribution < -0.4 is 4.74 Å². The molecule has 1 aromatic carbocycles. The summed E-state index contributed by atoms with van der Waals surface area (Å²) >= 11 is 1.58. The van der Waals surface area contributed by atoms with Crippen LogP contribution in [0.4, 0.5) is 0 Å². The van der Waals surface area contributed by atoms with Gasteiger partial charge >= 0.3 is 5.97 Å². The lowest BCUT2D eigenvalue weighted by molar-refractivity contribution is -0.138. The van der Waals surface area contributed by atoms with Crippen LogP contribution in [0.1, 0.15) is 13.3 Å². The first-order valence-corrected chi connectivity index (χ1v) is 5.87. The van der Waals surface area contributed by atoms with Gasteiger partial charge in [0.1, 0.15) is 11.9 Å². The Morgan fingerprint density at radius 1 is 1.53 bits per heavy atom. The summed E-state index contributed by atoms with van der Waals surface area (Å²) < 4.78 is 5.55. The smallest absolute Gasteiger partial charge is 0.307 e. The number of rotatable bonds is 5. The fourth-order valence-corrected chi connectivity index (χ4v) is 1.75. The highest BCUT2D eigenvalue weighted by molar-refractivity contribution is 7.98. The van der Waals surface area contributed by atoms with Gasteiger partial charge in [0.25, 0.3) is 0 Å². The molecule has 82 valence electrons. The van der Waals surface area contributed by atoms with Crippen LogP contribution in [0.25, 0.3) is 0 Å².